The van der Waals surface area contributed by atoms with E-state index in [1.165, 1.54) is 0 Å². The average Bonchev–Trinajstić information content (AvgIpc) is 2.79. The Bertz CT molecular complexity index is 1120. The molecule has 1 aliphatic rings. The molecule has 1 aromatic carbocycles. The quantitative estimate of drug-likeness (QED) is 0.566. The third kappa shape index (κ3) is 4.73. The molecule has 0 radical (unpaired) electrons. The van der Waals surface area contributed by atoms with Gasteiger partial charge in [0.1, 0.15) is 11.5 Å². The SMILES string of the molecule is O=C(c1ccc(Cl)c(C#Cc2ccccn2)c1)N1CCN(c2cc(Cl)ccn2)CC1. The number of nitrogens with zero attached hydrogens (tertiary/aromatic N) is 4. The van der Waals surface area contributed by atoms with E-state index in [2.05, 4.69) is 26.7 Å². The molecule has 0 aliphatic carbocycles. The smallest absolute Gasteiger partial charge is 0.254 e. The normalized spacial score (nSPS) is 13.5. The Balaban J connectivity index is 1.46. The molecule has 7 heteroatoms. The standard InChI is InChI=1S/C23H18Cl2N4O/c24-19-8-10-27-22(16-19)28-11-13-29(14-12-28)23(30)18-5-7-21(25)17(15-18)4-6-20-3-1-2-9-26-20/h1-3,5,7-10,15-16H,11-14H2. The summed E-state index contributed by atoms with van der Waals surface area (Å²) in [7, 11) is 0. The molecule has 1 saturated heterocycles. The highest BCUT2D eigenvalue weighted by atomic mass is 35.5. The third-order valence-corrected chi connectivity index (χ3v) is 5.37. The van der Waals surface area contributed by atoms with Crippen molar-refractivity contribution in [3.05, 3.63) is 87.8 Å². The van der Waals surface area contributed by atoms with Crippen molar-refractivity contribution in [2.24, 2.45) is 0 Å². The van der Waals surface area contributed by atoms with Gasteiger partial charge in [0.15, 0.2) is 0 Å². The predicted molar refractivity (Wildman–Crippen MR) is 119 cm³/mol. The molecule has 2 aromatic heterocycles. The van der Waals surface area contributed by atoms with Crippen molar-refractivity contribution in [3.63, 3.8) is 0 Å². The van der Waals surface area contributed by atoms with Gasteiger partial charge in [-0.2, -0.15) is 0 Å². The Morgan fingerprint density at radius 3 is 2.47 bits per heavy atom. The largest absolute Gasteiger partial charge is 0.353 e. The van der Waals surface area contributed by atoms with Crippen molar-refractivity contribution in [2.45, 2.75) is 0 Å². The lowest BCUT2D eigenvalue weighted by atomic mass is 10.1. The molecular formula is C23H18Cl2N4O. The lowest BCUT2D eigenvalue weighted by Gasteiger charge is -2.35. The first-order valence-electron chi connectivity index (χ1n) is 9.48. The highest BCUT2D eigenvalue weighted by molar-refractivity contribution is 6.32. The molecule has 3 aromatic rings. The number of hydrogen-bond acceptors (Lipinski definition) is 4. The van der Waals surface area contributed by atoms with Gasteiger partial charge in [0.25, 0.3) is 5.91 Å². The molecule has 0 N–H and O–H groups in total. The predicted octanol–water partition coefficient (Wildman–Crippen LogP) is 4.15. The van der Waals surface area contributed by atoms with E-state index in [1.807, 2.05) is 29.2 Å². The average molecular weight is 437 g/mol. The maximum Gasteiger partial charge on any atom is 0.254 e. The minimum Gasteiger partial charge on any atom is -0.353 e. The Hall–Kier alpha value is -3.07. The van der Waals surface area contributed by atoms with E-state index in [1.54, 1.807) is 36.7 Å². The molecule has 3 heterocycles. The van der Waals surface area contributed by atoms with Crippen LogP contribution in [0.4, 0.5) is 5.82 Å². The van der Waals surface area contributed by atoms with Crippen LogP contribution in [0.2, 0.25) is 10.0 Å². The zero-order chi connectivity index (χ0) is 20.9. The summed E-state index contributed by atoms with van der Waals surface area (Å²) in [4.78, 5) is 25.5. The second kappa shape index (κ2) is 9.17. The minimum atomic E-state index is -0.0359. The topological polar surface area (TPSA) is 49.3 Å². The van der Waals surface area contributed by atoms with Crippen molar-refractivity contribution in [2.75, 3.05) is 31.1 Å². The number of halogens is 2. The fraction of sp³-hybridized carbons (Fsp3) is 0.174. The second-order valence-corrected chi connectivity index (χ2v) is 7.61. The molecule has 0 unspecified atom stereocenters. The van der Waals surface area contributed by atoms with E-state index in [9.17, 15) is 4.79 Å². The first-order valence-corrected chi connectivity index (χ1v) is 10.2. The summed E-state index contributed by atoms with van der Waals surface area (Å²) in [5, 5.41) is 1.16. The minimum absolute atomic E-state index is 0.0359. The van der Waals surface area contributed by atoms with Gasteiger partial charge in [0.05, 0.1) is 5.02 Å². The van der Waals surface area contributed by atoms with Gasteiger partial charge in [-0.25, -0.2) is 9.97 Å². The summed E-state index contributed by atoms with van der Waals surface area (Å²) in [6.45, 7) is 2.59. The number of piperazine rings is 1. The summed E-state index contributed by atoms with van der Waals surface area (Å²) in [6.07, 6.45) is 3.38. The van der Waals surface area contributed by atoms with Crippen molar-refractivity contribution in [3.8, 4) is 11.8 Å². The maximum absolute atomic E-state index is 13.0. The first kappa shape index (κ1) is 20.2. The Kier molecular flexibility index (Phi) is 6.18. The number of hydrogen-bond donors (Lipinski definition) is 0. The molecule has 0 atom stereocenters. The van der Waals surface area contributed by atoms with Crippen LogP contribution in [0.15, 0.2) is 60.9 Å². The molecule has 0 bridgehead atoms. The molecule has 0 saturated carbocycles. The van der Waals surface area contributed by atoms with Gasteiger partial charge >= 0.3 is 0 Å². The van der Waals surface area contributed by atoms with Crippen LogP contribution < -0.4 is 4.90 Å². The van der Waals surface area contributed by atoms with Gasteiger partial charge in [-0.15, -0.1) is 0 Å². The third-order valence-electron chi connectivity index (χ3n) is 4.80. The van der Waals surface area contributed by atoms with E-state index in [0.29, 0.717) is 53.0 Å². The summed E-state index contributed by atoms with van der Waals surface area (Å²) < 4.78 is 0. The summed E-state index contributed by atoms with van der Waals surface area (Å²) >= 11 is 12.3. The van der Waals surface area contributed by atoms with E-state index in [-0.39, 0.29) is 5.91 Å². The molecule has 1 aliphatic heterocycles. The van der Waals surface area contributed by atoms with Gasteiger partial charge < -0.3 is 9.80 Å². The number of amides is 1. The van der Waals surface area contributed by atoms with E-state index in [0.717, 1.165) is 5.82 Å². The number of aromatic nitrogens is 2. The van der Waals surface area contributed by atoms with Crippen LogP contribution in [0.1, 0.15) is 21.6 Å². The summed E-state index contributed by atoms with van der Waals surface area (Å²) in [5.74, 6) is 6.79. The van der Waals surface area contributed by atoms with Gasteiger partial charge in [0, 0.05) is 54.7 Å². The number of carbonyl (C=O) groups excluding carboxylic acids is 1. The number of anilines is 1. The summed E-state index contributed by atoms with van der Waals surface area (Å²) in [6, 6.07) is 14.3. The van der Waals surface area contributed by atoms with E-state index in [4.69, 9.17) is 23.2 Å². The number of rotatable bonds is 2. The zero-order valence-electron chi connectivity index (χ0n) is 16.1. The molecule has 5 nitrogen and oxygen atoms in total. The lowest BCUT2D eigenvalue weighted by molar-refractivity contribution is 0.0746. The first-order chi connectivity index (χ1) is 14.6. The van der Waals surface area contributed by atoms with Crippen LogP contribution in [-0.2, 0) is 0 Å². The molecule has 1 fully saturated rings. The zero-order valence-corrected chi connectivity index (χ0v) is 17.6. The van der Waals surface area contributed by atoms with Gasteiger partial charge in [-0.3, -0.25) is 4.79 Å². The Morgan fingerprint density at radius 2 is 1.73 bits per heavy atom. The van der Waals surface area contributed by atoms with Crippen LogP contribution in [0.3, 0.4) is 0 Å². The fourth-order valence-electron chi connectivity index (χ4n) is 3.21. The van der Waals surface area contributed by atoms with Crippen molar-refractivity contribution in [1.82, 2.24) is 14.9 Å². The fourth-order valence-corrected chi connectivity index (χ4v) is 3.53. The van der Waals surface area contributed by atoms with Crippen molar-refractivity contribution in [1.29, 1.82) is 0 Å². The number of pyridine rings is 2. The highest BCUT2D eigenvalue weighted by Gasteiger charge is 2.23. The van der Waals surface area contributed by atoms with Gasteiger partial charge in [-0.1, -0.05) is 35.2 Å². The lowest BCUT2D eigenvalue weighted by Crippen LogP contribution is -2.49. The molecule has 150 valence electrons. The Morgan fingerprint density at radius 1 is 0.900 bits per heavy atom. The maximum atomic E-state index is 13.0. The van der Waals surface area contributed by atoms with E-state index < -0.39 is 0 Å². The van der Waals surface area contributed by atoms with Crippen LogP contribution >= 0.6 is 23.2 Å². The van der Waals surface area contributed by atoms with Crippen molar-refractivity contribution < 1.29 is 4.79 Å². The van der Waals surface area contributed by atoms with Gasteiger partial charge in [-0.05, 0) is 48.4 Å². The van der Waals surface area contributed by atoms with Crippen molar-refractivity contribution >= 4 is 34.9 Å². The van der Waals surface area contributed by atoms with Crippen LogP contribution in [0.25, 0.3) is 0 Å². The van der Waals surface area contributed by atoms with Crippen LogP contribution in [0.5, 0.6) is 0 Å². The molecule has 1 amide bonds. The molecule has 0 spiro atoms. The summed E-state index contributed by atoms with van der Waals surface area (Å²) in [5.41, 5.74) is 1.82. The monoisotopic (exact) mass is 436 g/mol. The van der Waals surface area contributed by atoms with Crippen LogP contribution in [0, 0.1) is 11.8 Å². The molecular weight excluding hydrogens is 419 g/mol. The molecule has 30 heavy (non-hydrogen) atoms. The van der Waals surface area contributed by atoms with Gasteiger partial charge in [0.2, 0.25) is 0 Å². The molecule has 4 rings (SSSR count). The number of carbonyl (C=O) groups is 1. The second-order valence-electron chi connectivity index (χ2n) is 6.77. The highest BCUT2D eigenvalue weighted by Crippen LogP contribution is 2.21. The van der Waals surface area contributed by atoms with Crippen LogP contribution in [-0.4, -0.2) is 47.0 Å². The number of benzene rings is 1. The Labute approximate surface area is 185 Å². The van der Waals surface area contributed by atoms with E-state index >= 15 is 0 Å².